The Labute approximate surface area is 145 Å². The molecule has 0 amide bonds. The van der Waals surface area contributed by atoms with Crippen molar-refractivity contribution in [3.8, 4) is 0 Å². The van der Waals surface area contributed by atoms with Gasteiger partial charge in [0.25, 0.3) is 0 Å². The number of hydrogen-bond acceptors (Lipinski definition) is 4. The molecule has 0 aliphatic carbocycles. The second kappa shape index (κ2) is 7.66. The average Bonchev–Trinajstić information content (AvgIpc) is 2.37. The number of aliphatic hydroxyl groups excluding tert-OH is 2. The van der Waals surface area contributed by atoms with E-state index in [4.69, 9.17) is 8.85 Å². The second-order valence-corrected chi connectivity index (χ2v) is 19.5. The summed E-state index contributed by atoms with van der Waals surface area (Å²) < 4.78 is 12.5. The van der Waals surface area contributed by atoms with Crippen molar-refractivity contribution in [2.75, 3.05) is 26.4 Å². The van der Waals surface area contributed by atoms with E-state index in [0.717, 1.165) is 0 Å². The Hall–Kier alpha value is 0.274. The summed E-state index contributed by atoms with van der Waals surface area (Å²) in [7, 11) is -3.85. The first kappa shape index (κ1) is 23.3. The smallest absolute Gasteiger partial charge is 0.192 e. The maximum atomic E-state index is 9.89. The molecule has 0 atom stereocenters. The first-order valence-corrected chi connectivity index (χ1v) is 14.3. The Balaban J connectivity index is 5.03. The average molecular weight is 365 g/mol. The molecule has 0 unspecified atom stereocenters. The zero-order valence-corrected chi connectivity index (χ0v) is 19.0. The summed E-state index contributed by atoms with van der Waals surface area (Å²) in [5, 5.41) is 20.0. The van der Waals surface area contributed by atoms with E-state index in [-0.39, 0.29) is 23.3 Å². The standard InChI is InChI=1S/C17H40O4Si2/c1-15(2,3)22(7,8)20-13-17(11-18,12-19)14-21-23(9,10)16(4,5)6/h18-19H,11-14H2,1-10H3. The Morgan fingerprint density at radius 2 is 0.913 bits per heavy atom. The van der Waals surface area contributed by atoms with Crippen LogP contribution in [0.25, 0.3) is 0 Å². The maximum Gasteiger partial charge on any atom is 0.192 e. The number of aliphatic hydroxyl groups is 2. The third-order valence-corrected chi connectivity index (χ3v) is 14.7. The summed E-state index contributed by atoms with van der Waals surface area (Å²) in [5.74, 6) is 0. The lowest BCUT2D eigenvalue weighted by Gasteiger charge is -2.42. The van der Waals surface area contributed by atoms with Gasteiger partial charge in [-0.05, 0) is 36.3 Å². The van der Waals surface area contributed by atoms with Crippen LogP contribution in [0, 0.1) is 5.41 Å². The van der Waals surface area contributed by atoms with Crippen LogP contribution in [0.3, 0.4) is 0 Å². The largest absolute Gasteiger partial charge is 0.416 e. The van der Waals surface area contributed by atoms with Crippen LogP contribution in [-0.2, 0) is 8.85 Å². The van der Waals surface area contributed by atoms with Gasteiger partial charge in [0.1, 0.15) is 0 Å². The molecule has 6 heteroatoms. The van der Waals surface area contributed by atoms with E-state index in [1.54, 1.807) is 0 Å². The van der Waals surface area contributed by atoms with Crippen molar-refractivity contribution in [2.45, 2.75) is 77.8 Å². The van der Waals surface area contributed by atoms with Crippen LogP contribution in [0.5, 0.6) is 0 Å². The Morgan fingerprint density at radius 1 is 0.652 bits per heavy atom. The fraction of sp³-hybridized carbons (Fsp3) is 1.00. The predicted molar refractivity (Wildman–Crippen MR) is 103 cm³/mol. The summed E-state index contributed by atoms with van der Waals surface area (Å²) in [5.41, 5.74) is -0.731. The molecule has 0 saturated carbocycles. The Bertz CT molecular complexity index is 332. The summed E-state index contributed by atoms with van der Waals surface area (Å²) in [6.45, 7) is 22.3. The van der Waals surface area contributed by atoms with Crippen molar-refractivity contribution in [1.82, 2.24) is 0 Å². The molecule has 140 valence electrons. The van der Waals surface area contributed by atoms with Gasteiger partial charge in [0.15, 0.2) is 16.6 Å². The molecule has 2 N–H and O–H groups in total. The van der Waals surface area contributed by atoms with Crippen LogP contribution in [-0.4, -0.2) is 53.3 Å². The minimum absolute atomic E-state index is 0.101. The van der Waals surface area contributed by atoms with Gasteiger partial charge in [0, 0.05) is 13.2 Å². The van der Waals surface area contributed by atoms with Gasteiger partial charge in [-0.15, -0.1) is 0 Å². The van der Waals surface area contributed by atoms with Gasteiger partial charge in [0.2, 0.25) is 0 Å². The molecular weight excluding hydrogens is 324 g/mol. The molecular formula is C17H40O4Si2. The van der Waals surface area contributed by atoms with E-state index >= 15 is 0 Å². The lowest BCUT2D eigenvalue weighted by Crippen LogP contribution is -2.50. The molecule has 0 saturated heterocycles. The van der Waals surface area contributed by atoms with E-state index in [0.29, 0.717) is 13.2 Å². The molecule has 23 heavy (non-hydrogen) atoms. The van der Waals surface area contributed by atoms with Crippen molar-refractivity contribution in [3.05, 3.63) is 0 Å². The highest BCUT2D eigenvalue weighted by Crippen LogP contribution is 2.39. The van der Waals surface area contributed by atoms with E-state index in [1.807, 2.05) is 0 Å². The van der Waals surface area contributed by atoms with Gasteiger partial charge < -0.3 is 19.1 Å². The molecule has 0 aromatic rings. The monoisotopic (exact) mass is 364 g/mol. The van der Waals surface area contributed by atoms with Gasteiger partial charge in [0.05, 0.1) is 18.6 Å². The molecule has 0 rings (SSSR count). The highest BCUT2D eigenvalue weighted by molar-refractivity contribution is 6.74. The van der Waals surface area contributed by atoms with E-state index in [2.05, 4.69) is 67.7 Å². The topological polar surface area (TPSA) is 58.9 Å². The lowest BCUT2D eigenvalue weighted by molar-refractivity contribution is -0.0255. The molecule has 0 radical (unpaired) electrons. The third kappa shape index (κ3) is 6.25. The van der Waals surface area contributed by atoms with Gasteiger partial charge >= 0.3 is 0 Å². The van der Waals surface area contributed by atoms with Crippen molar-refractivity contribution >= 4 is 16.6 Å². The van der Waals surface area contributed by atoms with Crippen LogP contribution >= 0.6 is 0 Å². The molecule has 0 spiro atoms. The minimum atomic E-state index is -1.93. The molecule has 0 aromatic heterocycles. The van der Waals surface area contributed by atoms with Crippen LogP contribution in [0.15, 0.2) is 0 Å². The summed E-state index contributed by atoms with van der Waals surface area (Å²) >= 11 is 0. The van der Waals surface area contributed by atoms with Crippen molar-refractivity contribution < 1.29 is 19.1 Å². The quantitative estimate of drug-likeness (QED) is 0.639. The summed E-state index contributed by atoms with van der Waals surface area (Å²) in [6, 6.07) is 0. The third-order valence-electron chi connectivity index (χ3n) is 5.76. The molecule has 0 aliphatic heterocycles. The zero-order chi connectivity index (χ0) is 18.7. The lowest BCUT2D eigenvalue weighted by atomic mass is 9.93. The first-order valence-electron chi connectivity index (χ1n) is 8.53. The maximum absolute atomic E-state index is 9.89. The second-order valence-electron chi connectivity index (χ2n) is 9.91. The van der Waals surface area contributed by atoms with Crippen LogP contribution in [0.2, 0.25) is 36.3 Å². The summed E-state index contributed by atoms with van der Waals surface area (Å²) in [4.78, 5) is 0. The minimum Gasteiger partial charge on any atom is -0.416 e. The molecule has 0 fully saturated rings. The van der Waals surface area contributed by atoms with Crippen molar-refractivity contribution in [1.29, 1.82) is 0 Å². The van der Waals surface area contributed by atoms with Crippen LogP contribution in [0.1, 0.15) is 41.5 Å². The van der Waals surface area contributed by atoms with Gasteiger partial charge in [-0.1, -0.05) is 41.5 Å². The van der Waals surface area contributed by atoms with E-state index in [1.165, 1.54) is 0 Å². The normalized spacial score (nSPS) is 15.1. The van der Waals surface area contributed by atoms with Crippen LogP contribution in [0.4, 0.5) is 0 Å². The Kier molecular flexibility index (Phi) is 7.75. The zero-order valence-electron chi connectivity index (χ0n) is 17.0. The molecule has 4 nitrogen and oxygen atoms in total. The highest BCUT2D eigenvalue weighted by Gasteiger charge is 2.43. The number of rotatable bonds is 8. The SMILES string of the molecule is CC(C)(C)[Si](C)(C)OCC(CO)(CO)CO[Si](C)(C)C(C)(C)C. The highest BCUT2D eigenvalue weighted by atomic mass is 28.4. The first-order chi connectivity index (χ1) is 10.0. The molecule has 0 bridgehead atoms. The molecule has 0 aliphatic rings. The molecule has 0 aromatic carbocycles. The molecule has 0 heterocycles. The number of hydrogen-bond donors (Lipinski definition) is 2. The fourth-order valence-corrected chi connectivity index (χ4v) is 3.57. The van der Waals surface area contributed by atoms with E-state index in [9.17, 15) is 10.2 Å². The summed E-state index contributed by atoms with van der Waals surface area (Å²) in [6.07, 6.45) is 0. The van der Waals surface area contributed by atoms with E-state index < -0.39 is 22.0 Å². The predicted octanol–water partition coefficient (Wildman–Crippen LogP) is 4.00. The van der Waals surface area contributed by atoms with Crippen molar-refractivity contribution in [2.24, 2.45) is 5.41 Å². The van der Waals surface area contributed by atoms with Crippen molar-refractivity contribution in [3.63, 3.8) is 0 Å². The van der Waals surface area contributed by atoms with Gasteiger partial charge in [-0.25, -0.2) is 0 Å². The Morgan fingerprint density at radius 3 is 1.09 bits per heavy atom. The fourth-order valence-electron chi connectivity index (χ4n) is 1.37. The van der Waals surface area contributed by atoms with Gasteiger partial charge in [-0.3, -0.25) is 0 Å². The van der Waals surface area contributed by atoms with Crippen LogP contribution < -0.4 is 0 Å². The van der Waals surface area contributed by atoms with Gasteiger partial charge in [-0.2, -0.15) is 0 Å².